The van der Waals surface area contributed by atoms with E-state index in [1.165, 1.54) is 26.3 Å². The molecule has 8 nitrogen and oxygen atoms in total. The van der Waals surface area contributed by atoms with Crippen molar-refractivity contribution in [1.82, 2.24) is 9.29 Å². The summed E-state index contributed by atoms with van der Waals surface area (Å²) in [5.41, 5.74) is 0.443. The fraction of sp³-hybridized carbons (Fsp3) is 0.267. The summed E-state index contributed by atoms with van der Waals surface area (Å²) in [6, 6.07) is 8.88. The molecule has 0 amide bonds. The number of nitro groups is 1. The van der Waals surface area contributed by atoms with E-state index in [1.54, 1.807) is 18.3 Å². The van der Waals surface area contributed by atoms with Crippen LogP contribution in [0.1, 0.15) is 5.69 Å². The summed E-state index contributed by atoms with van der Waals surface area (Å²) in [6.07, 6.45) is 2.06. The minimum Gasteiger partial charge on any atom is -0.495 e. The number of ether oxygens (including phenoxy) is 1. The average Bonchev–Trinajstić information content (AvgIpc) is 2.59. The van der Waals surface area contributed by atoms with E-state index in [0.717, 1.165) is 16.1 Å². The molecule has 0 saturated heterocycles. The van der Waals surface area contributed by atoms with Gasteiger partial charge in [-0.1, -0.05) is 6.07 Å². The minimum atomic E-state index is -3.93. The summed E-state index contributed by atoms with van der Waals surface area (Å²) in [7, 11) is -1.20. The van der Waals surface area contributed by atoms with Gasteiger partial charge in [0, 0.05) is 44.0 Å². The second-order valence-corrected chi connectivity index (χ2v) is 7.00. The number of pyridine rings is 1. The van der Waals surface area contributed by atoms with Crippen LogP contribution in [-0.2, 0) is 16.4 Å². The number of likely N-dealkylation sites (N-methyl/N-ethyl adjacent to an activating group) is 1. The van der Waals surface area contributed by atoms with Gasteiger partial charge in [-0.3, -0.25) is 15.1 Å². The molecule has 0 saturated carbocycles. The Morgan fingerprint density at radius 2 is 2.04 bits per heavy atom. The molecule has 128 valence electrons. The number of hydrogen-bond donors (Lipinski definition) is 0. The molecule has 9 heteroatoms. The van der Waals surface area contributed by atoms with Crippen molar-refractivity contribution in [2.24, 2.45) is 0 Å². The molecule has 0 unspecified atom stereocenters. The molecule has 1 aromatic heterocycles. The highest BCUT2D eigenvalue weighted by molar-refractivity contribution is 7.89. The zero-order valence-corrected chi connectivity index (χ0v) is 14.1. The Balaban J connectivity index is 2.28. The van der Waals surface area contributed by atoms with E-state index in [1.807, 2.05) is 6.07 Å². The second kappa shape index (κ2) is 7.37. The maximum absolute atomic E-state index is 12.7. The standard InChI is InChI=1S/C15H17N3O5S/c1-17(10-8-12-5-3-4-9-16-12)24(21,22)15-11-13(18(19)20)6-7-14(15)23-2/h3-7,9,11H,8,10H2,1-2H3. The van der Waals surface area contributed by atoms with Crippen LogP contribution in [0.5, 0.6) is 5.75 Å². The maximum Gasteiger partial charge on any atom is 0.271 e. The molecule has 0 N–H and O–H groups in total. The molecule has 1 heterocycles. The molecule has 0 atom stereocenters. The van der Waals surface area contributed by atoms with Crippen molar-refractivity contribution in [2.75, 3.05) is 20.7 Å². The normalized spacial score (nSPS) is 11.5. The number of sulfonamides is 1. The molecule has 0 aliphatic heterocycles. The first kappa shape index (κ1) is 17.8. The Morgan fingerprint density at radius 1 is 1.29 bits per heavy atom. The Morgan fingerprint density at radius 3 is 2.62 bits per heavy atom. The molecule has 0 aliphatic rings. The number of benzene rings is 1. The van der Waals surface area contributed by atoms with Crippen LogP contribution in [0.3, 0.4) is 0 Å². The van der Waals surface area contributed by atoms with E-state index in [4.69, 9.17) is 4.74 Å². The van der Waals surface area contributed by atoms with Crippen LogP contribution in [0, 0.1) is 10.1 Å². The first-order chi connectivity index (χ1) is 11.4. The molecular weight excluding hydrogens is 334 g/mol. The minimum absolute atomic E-state index is 0.0605. The summed E-state index contributed by atoms with van der Waals surface area (Å²) < 4.78 is 31.6. The maximum atomic E-state index is 12.7. The fourth-order valence-electron chi connectivity index (χ4n) is 2.09. The molecule has 0 aliphatic carbocycles. The third-order valence-corrected chi connectivity index (χ3v) is 5.33. The van der Waals surface area contributed by atoms with Crippen molar-refractivity contribution in [2.45, 2.75) is 11.3 Å². The molecule has 24 heavy (non-hydrogen) atoms. The van der Waals surface area contributed by atoms with Gasteiger partial charge in [-0.25, -0.2) is 12.7 Å². The van der Waals surface area contributed by atoms with Gasteiger partial charge in [-0.05, 0) is 18.2 Å². The van der Waals surface area contributed by atoms with E-state index in [2.05, 4.69) is 4.98 Å². The Hall–Kier alpha value is -2.52. The lowest BCUT2D eigenvalue weighted by atomic mass is 10.3. The van der Waals surface area contributed by atoms with Crippen molar-refractivity contribution in [3.63, 3.8) is 0 Å². The second-order valence-electron chi connectivity index (χ2n) is 4.99. The van der Waals surface area contributed by atoms with Crippen molar-refractivity contribution < 1.29 is 18.1 Å². The van der Waals surface area contributed by atoms with Gasteiger partial charge in [0.15, 0.2) is 0 Å². The van der Waals surface area contributed by atoms with E-state index < -0.39 is 14.9 Å². The summed E-state index contributed by atoms with van der Waals surface area (Å²) in [5.74, 6) is 0.0605. The first-order valence-corrected chi connectivity index (χ1v) is 8.49. The Kier molecular flexibility index (Phi) is 5.47. The number of aromatic nitrogens is 1. The van der Waals surface area contributed by atoms with E-state index in [-0.39, 0.29) is 22.9 Å². The number of hydrogen-bond acceptors (Lipinski definition) is 6. The van der Waals surface area contributed by atoms with Gasteiger partial charge in [-0.2, -0.15) is 0 Å². The average molecular weight is 351 g/mol. The van der Waals surface area contributed by atoms with Gasteiger partial charge < -0.3 is 4.74 Å². The van der Waals surface area contributed by atoms with Crippen LogP contribution < -0.4 is 4.74 Å². The van der Waals surface area contributed by atoms with Crippen molar-refractivity contribution >= 4 is 15.7 Å². The van der Waals surface area contributed by atoms with Gasteiger partial charge in [0.1, 0.15) is 10.6 Å². The van der Waals surface area contributed by atoms with Crippen LogP contribution >= 0.6 is 0 Å². The molecule has 1 aromatic carbocycles. The van der Waals surface area contributed by atoms with Crippen LogP contribution in [0.4, 0.5) is 5.69 Å². The number of nitrogens with zero attached hydrogens (tertiary/aromatic N) is 3. The number of methoxy groups -OCH3 is 1. The summed E-state index contributed by atoms with van der Waals surface area (Å²) in [4.78, 5) is 14.2. The van der Waals surface area contributed by atoms with E-state index in [9.17, 15) is 18.5 Å². The van der Waals surface area contributed by atoms with Crippen LogP contribution in [0.15, 0.2) is 47.5 Å². The van der Waals surface area contributed by atoms with E-state index >= 15 is 0 Å². The summed E-state index contributed by atoms with van der Waals surface area (Å²) in [5, 5.41) is 10.9. The third kappa shape index (κ3) is 3.87. The molecule has 0 spiro atoms. The highest BCUT2D eigenvalue weighted by Crippen LogP contribution is 2.30. The fourth-order valence-corrected chi connectivity index (χ4v) is 3.43. The predicted octanol–water partition coefficient (Wildman–Crippen LogP) is 1.86. The monoisotopic (exact) mass is 351 g/mol. The van der Waals surface area contributed by atoms with E-state index in [0.29, 0.717) is 6.42 Å². The van der Waals surface area contributed by atoms with Gasteiger partial charge in [0.05, 0.1) is 12.0 Å². The first-order valence-electron chi connectivity index (χ1n) is 7.05. The highest BCUT2D eigenvalue weighted by atomic mass is 32.2. The lowest BCUT2D eigenvalue weighted by Gasteiger charge is -2.18. The molecule has 0 radical (unpaired) electrons. The van der Waals surface area contributed by atoms with Crippen LogP contribution in [-0.4, -0.2) is 43.3 Å². The molecule has 2 aromatic rings. The number of nitro benzene ring substituents is 1. The predicted molar refractivity (Wildman–Crippen MR) is 87.4 cm³/mol. The zero-order valence-electron chi connectivity index (χ0n) is 13.2. The van der Waals surface area contributed by atoms with Crippen molar-refractivity contribution in [1.29, 1.82) is 0 Å². The SMILES string of the molecule is COc1ccc([N+](=O)[O-])cc1S(=O)(=O)N(C)CCc1ccccn1. The topological polar surface area (TPSA) is 103 Å². The van der Waals surface area contributed by atoms with Gasteiger partial charge >= 0.3 is 0 Å². The van der Waals surface area contributed by atoms with Gasteiger partial charge in [0.25, 0.3) is 5.69 Å². The van der Waals surface area contributed by atoms with Crippen molar-refractivity contribution in [3.05, 3.63) is 58.4 Å². The molecule has 0 bridgehead atoms. The zero-order chi connectivity index (χ0) is 17.7. The van der Waals surface area contributed by atoms with Crippen molar-refractivity contribution in [3.8, 4) is 5.75 Å². The Bertz CT molecular complexity index is 824. The molecular formula is C15H17N3O5S. The summed E-state index contributed by atoms with van der Waals surface area (Å²) in [6.45, 7) is 0.186. The molecule has 2 rings (SSSR count). The largest absolute Gasteiger partial charge is 0.495 e. The van der Waals surface area contributed by atoms with Gasteiger partial charge in [-0.15, -0.1) is 0 Å². The summed E-state index contributed by atoms with van der Waals surface area (Å²) >= 11 is 0. The number of non-ortho nitro benzene ring substituents is 1. The smallest absolute Gasteiger partial charge is 0.271 e. The Labute approximate surface area is 139 Å². The third-order valence-electron chi connectivity index (χ3n) is 3.46. The highest BCUT2D eigenvalue weighted by Gasteiger charge is 2.27. The lowest BCUT2D eigenvalue weighted by Crippen LogP contribution is -2.29. The van der Waals surface area contributed by atoms with Crippen LogP contribution in [0.25, 0.3) is 0 Å². The number of rotatable bonds is 7. The lowest BCUT2D eigenvalue weighted by molar-refractivity contribution is -0.385. The van der Waals surface area contributed by atoms with Gasteiger partial charge in [0.2, 0.25) is 10.0 Å². The quantitative estimate of drug-likeness (QED) is 0.557. The van der Waals surface area contributed by atoms with Crippen LogP contribution in [0.2, 0.25) is 0 Å². The molecule has 0 fully saturated rings.